The van der Waals surface area contributed by atoms with Gasteiger partial charge in [-0.05, 0) is 37.7 Å². The van der Waals surface area contributed by atoms with Crippen LogP contribution in [0.25, 0.3) is 0 Å². The summed E-state index contributed by atoms with van der Waals surface area (Å²) in [6.07, 6.45) is 2.96. The van der Waals surface area contributed by atoms with Crippen molar-refractivity contribution in [3.05, 3.63) is 23.8 Å². The van der Waals surface area contributed by atoms with E-state index in [1.54, 1.807) is 32.9 Å². The Morgan fingerprint density at radius 1 is 1.23 bits per heavy atom. The van der Waals surface area contributed by atoms with Gasteiger partial charge in [-0.15, -0.1) is 0 Å². The number of methoxy groups -OCH3 is 1. The number of carbonyl (C=O) groups excluding carboxylic acids is 4. The van der Waals surface area contributed by atoms with Crippen LogP contribution in [0, 0.1) is 17.8 Å². The summed E-state index contributed by atoms with van der Waals surface area (Å²) in [7, 11) is 1.47. The Labute approximate surface area is 256 Å². The number of carboxylic acid groups (broad SMARTS) is 1. The topological polar surface area (TPSA) is 203 Å². The summed E-state index contributed by atoms with van der Waals surface area (Å²) in [4.78, 5) is 60.5. The average Bonchev–Trinajstić information content (AvgIpc) is 2.92. The van der Waals surface area contributed by atoms with Gasteiger partial charge in [0.1, 0.15) is 24.0 Å². The zero-order valence-electron chi connectivity index (χ0n) is 25.3. The molecule has 0 aromatic carbocycles. The Morgan fingerprint density at radius 3 is 2.49 bits per heavy atom. The highest BCUT2D eigenvalue weighted by atomic mass is 32.2. The summed E-state index contributed by atoms with van der Waals surface area (Å²) in [5, 5.41) is 32.7. The largest absolute Gasteiger partial charge is 0.480 e. The molecule has 2 rings (SSSR count). The zero-order valence-corrected chi connectivity index (χ0v) is 26.1. The molecule has 43 heavy (non-hydrogen) atoms. The van der Waals surface area contributed by atoms with Crippen molar-refractivity contribution in [3.63, 3.8) is 0 Å². The lowest BCUT2D eigenvalue weighted by Crippen LogP contribution is -2.41. The number of amides is 2. The lowest BCUT2D eigenvalue weighted by atomic mass is 9.86. The van der Waals surface area contributed by atoms with Crippen molar-refractivity contribution in [2.75, 3.05) is 12.9 Å². The number of carbonyl (C=O) groups is 5. The SMILES string of the molecule is COC1/C=C/CCC(SC[C@H](N)C(=O)O)CC(=O)OC(/C(C)=C/C(C)C(=O)CC(O)CC2CC(=O)NC(=O)C2)C(C)C1O. The number of hydrogen-bond acceptors (Lipinski definition) is 11. The normalized spacial score (nSPS) is 29.3. The first-order chi connectivity index (χ1) is 20.2. The number of esters is 1. The van der Waals surface area contributed by atoms with Gasteiger partial charge in [-0.3, -0.25) is 29.3 Å². The number of Topliss-reactive ketones (excluding diaryl/α,β-unsaturated/α-hetero) is 1. The van der Waals surface area contributed by atoms with E-state index in [1.807, 2.05) is 6.08 Å². The maximum absolute atomic E-state index is 13.1. The number of aliphatic carboxylic acids is 1. The lowest BCUT2D eigenvalue weighted by molar-refractivity contribution is -0.153. The highest BCUT2D eigenvalue weighted by Crippen LogP contribution is 2.29. The smallest absolute Gasteiger partial charge is 0.321 e. The number of piperidine rings is 1. The van der Waals surface area contributed by atoms with E-state index in [2.05, 4.69) is 5.32 Å². The number of ether oxygens (including phenoxy) is 2. The van der Waals surface area contributed by atoms with Crippen LogP contribution in [0.1, 0.15) is 65.7 Å². The van der Waals surface area contributed by atoms with Crippen LogP contribution in [0.3, 0.4) is 0 Å². The zero-order chi connectivity index (χ0) is 32.3. The number of allylic oxidation sites excluding steroid dienone is 2. The number of carboxylic acids is 1. The van der Waals surface area contributed by atoms with Gasteiger partial charge in [-0.1, -0.05) is 32.1 Å². The molecule has 1 fully saturated rings. The van der Waals surface area contributed by atoms with Crippen molar-refractivity contribution in [2.24, 2.45) is 23.5 Å². The second kappa shape index (κ2) is 17.6. The molecule has 1 saturated heterocycles. The van der Waals surface area contributed by atoms with Crippen LogP contribution in [-0.4, -0.2) is 93.4 Å². The second-order valence-corrected chi connectivity index (χ2v) is 12.9. The Morgan fingerprint density at radius 2 is 1.88 bits per heavy atom. The molecule has 2 amide bonds. The molecule has 2 aliphatic rings. The van der Waals surface area contributed by atoms with E-state index in [-0.39, 0.29) is 54.8 Å². The fraction of sp³-hybridized carbons (Fsp3) is 0.700. The molecule has 2 aliphatic heterocycles. The van der Waals surface area contributed by atoms with Crippen molar-refractivity contribution >= 4 is 41.3 Å². The molecule has 8 atom stereocenters. The number of nitrogens with one attached hydrogen (secondary N) is 1. The summed E-state index contributed by atoms with van der Waals surface area (Å²) in [6.45, 7) is 5.09. The summed E-state index contributed by atoms with van der Waals surface area (Å²) < 4.78 is 11.4. The third-order valence-electron chi connectivity index (χ3n) is 7.83. The highest BCUT2D eigenvalue weighted by molar-refractivity contribution is 8.00. The summed E-state index contributed by atoms with van der Waals surface area (Å²) >= 11 is 1.29. The Kier molecular flexibility index (Phi) is 15.0. The van der Waals surface area contributed by atoms with Crippen LogP contribution in [0.4, 0.5) is 0 Å². The fourth-order valence-corrected chi connectivity index (χ4v) is 6.54. The molecule has 13 heteroatoms. The summed E-state index contributed by atoms with van der Waals surface area (Å²) in [5.41, 5.74) is 6.19. The molecule has 12 nitrogen and oxygen atoms in total. The number of ketones is 1. The molecule has 0 saturated carbocycles. The van der Waals surface area contributed by atoms with E-state index >= 15 is 0 Å². The fourth-order valence-electron chi connectivity index (χ4n) is 5.36. The second-order valence-electron chi connectivity index (χ2n) is 11.6. The van der Waals surface area contributed by atoms with Crippen LogP contribution < -0.4 is 11.1 Å². The van der Waals surface area contributed by atoms with Crippen LogP contribution in [0.5, 0.6) is 0 Å². The highest BCUT2D eigenvalue weighted by Gasteiger charge is 2.35. The third-order valence-corrected chi connectivity index (χ3v) is 9.25. The first-order valence-electron chi connectivity index (χ1n) is 14.6. The molecule has 0 bridgehead atoms. The molecule has 0 aromatic rings. The van der Waals surface area contributed by atoms with E-state index in [0.717, 1.165) is 0 Å². The van der Waals surface area contributed by atoms with Crippen molar-refractivity contribution in [2.45, 2.75) is 101 Å². The molecule has 2 heterocycles. The first kappa shape index (κ1) is 36.6. The van der Waals surface area contributed by atoms with E-state index in [9.17, 15) is 34.2 Å². The monoisotopic (exact) mass is 626 g/mol. The number of nitrogens with two attached hydrogens (primary N) is 1. The Bertz CT molecular complexity index is 1050. The van der Waals surface area contributed by atoms with Gasteiger partial charge in [-0.2, -0.15) is 11.8 Å². The summed E-state index contributed by atoms with van der Waals surface area (Å²) in [6, 6.07) is -1.06. The minimum Gasteiger partial charge on any atom is -0.480 e. The van der Waals surface area contributed by atoms with Crippen LogP contribution >= 0.6 is 11.8 Å². The Balaban J connectivity index is 2.17. The van der Waals surface area contributed by atoms with Gasteiger partial charge < -0.3 is 30.5 Å². The molecular formula is C30H46N2O10S. The third kappa shape index (κ3) is 12.1. The van der Waals surface area contributed by atoms with Crippen molar-refractivity contribution in [1.29, 1.82) is 0 Å². The lowest BCUT2D eigenvalue weighted by Gasteiger charge is -2.32. The van der Waals surface area contributed by atoms with E-state index in [1.165, 1.54) is 18.9 Å². The van der Waals surface area contributed by atoms with Gasteiger partial charge in [0.25, 0.3) is 0 Å². The van der Waals surface area contributed by atoms with Crippen LogP contribution in [-0.2, 0) is 33.4 Å². The maximum Gasteiger partial charge on any atom is 0.321 e. The number of aliphatic hydroxyl groups excluding tert-OH is 2. The van der Waals surface area contributed by atoms with Gasteiger partial charge in [0.2, 0.25) is 11.8 Å². The van der Waals surface area contributed by atoms with Gasteiger partial charge in [-0.25, -0.2) is 0 Å². The van der Waals surface area contributed by atoms with E-state index in [4.69, 9.17) is 20.3 Å². The van der Waals surface area contributed by atoms with Gasteiger partial charge >= 0.3 is 11.9 Å². The van der Waals surface area contributed by atoms with Crippen LogP contribution in [0.15, 0.2) is 23.8 Å². The number of aliphatic hydroxyl groups is 2. The molecule has 6 N–H and O–H groups in total. The van der Waals surface area contributed by atoms with Crippen molar-refractivity contribution in [1.82, 2.24) is 5.32 Å². The molecule has 242 valence electrons. The number of cyclic esters (lactones) is 1. The van der Waals surface area contributed by atoms with Gasteiger partial charge in [0.15, 0.2) is 0 Å². The minimum absolute atomic E-state index is 0.00746. The molecule has 0 aliphatic carbocycles. The number of imide groups is 1. The van der Waals surface area contributed by atoms with E-state index < -0.39 is 66.0 Å². The van der Waals surface area contributed by atoms with Crippen molar-refractivity contribution in [3.8, 4) is 0 Å². The Hall–Kier alpha value is -2.58. The molecule has 0 aromatic heterocycles. The number of rotatable bonds is 12. The van der Waals surface area contributed by atoms with E-state index in [0.29, 0.717) is 18.4 Å². The van der Waals surface area contributed by atoms with Gasteiger partial charge in [0, 0.05) is 49.2 Å². The molecule has 0 radical (unpaired) electrons. The minimum atomic E-state index is -1.12. The van der Waals surface area contributed by atoms with Crippen molar-refractivity contribution < 1.29 is 48.8 Å². The standard InChI is InChI=1S/C30H46N2O10S/c1-16(23(34)13-20(33)10-19-11-25(35)32-26(36)12-19)9-17(2)29-18(3)28(38)24(41-4)8-6-5-7-21(14-27(37)42-29)43-15-22(31)30(39)40/h6,8-9,16,18-22,24,28-29,33,38H,5,7,10-15,31H2,1-4H3,(H,39,40)(H,32,35,36)/b8-6+,17-9+/t16?,18?,20?,21?,22-,24?,28?,29?/m0/s1. The number of hydrogen-bond donors (Lipinski definition) is 5. The summed E-state index contributed by atoms with van der Waals surface area (Å²) in [5.74, 6) is -4.19. The maximum atomic E-state index is 13.1. The first-order valence-corrected chi connectivity index (χ1v) is 15.6. The molecule has 7 unspecified atom stereocenters. The number of thioether (sulfide) groups is 1. The van der Waals surface area contributed by atoms with Crippen LogP contribution in [0.2, 0.25) is 0 Å². The predicted octanol–water partition coefficient (Wildman–Crippen LogP) is 1.51. The molecule has 0 spiro atoms. The quantitative estimate of drug-likeness (QED) is 0.119. The van der Waals surface area contributed by atoms with Gasteiger partial charge in [0.05, 0.1) is 18.6 Å². The predicted molar refractivity (Wildman–Crippen MR) is 160 cm³/mol. The molecular weight excluding hydrogens is 580 g/mol. The average molecular weight is 627 g/mol.